The van der Waals surface area contributed by atoms with Gasteiger partial charge in [0.2, 0.25) is 5.91 Å². The SMILES string of the molecule is C/C=C\CCCC(=O)NCC(=O)OCCO[N+](=O)[O-].CC.FC(F)(/C=C/C1CCCC1)COc1ccccc1. The van der Waals surface area contributed by atoms with E-state index in [0.29, 0.717) is 24.5 Å². The van der Waals surface area contributed by atoms with Gasteiger partial charge in [0.05, 0.1) is 0 Å². The Labute approximate surface area is 229 Å². The van der Waals surface area contributed by atoms with Crippen LogP contribution in [0.25, 0.3) is 0 Å². The maximum absolute atomic E-state index is 13.6. The first-order chi connectivity index (χ1) is 18.7. The van der Waals surface area contributed by atoms with E-state index < -0.39 is 23.6 Å². The third kappa shape index (κ3) is 21.2. The van der Waals surface area contributed by atoms with Crippen LogP contribution in [-0.2, 0) is 19.2 Å². The van der Waals surface area contributed by atoms with E-state index in [9.17, 15) is 28.5 Å². The second-order valence-corrected chi connectivity index (χ2v) is 8.28. The quantitative estimate of drug-likeness (QED) is 0.0915. The van der Waals surface area contributed by atoms with Crippen molar-refractivity contribution in [1.29, 1.82) is 0 Å². The molecule has 0 spiro atoms. The molecule has 1 N–H and O–H groups in total. The summed E-state index contributed by atoms with van der Waals surface area (Å²) in [6.07, 6.45) is 12.8. The van der Waals surface area contributed by atoms with Crippen molar-refractivity contribution in [3.05, 3.63) is 64.8 Å². The number of rotatable bonds is 15. The molecule has 11 heteroatoms. The Morgan fingerprint density at radius 3 is 2.44 bits per heavy atom. The number of ether oxygens (including phenoxy) is 2. The molecule has 0 radical (unpaired) electrons. The third-order valence-electron chi connectivity index (χ3n) is 5.17. The van der Waals surface area contributed by atoms with Gasteiger partial charge in [0, 0.05) is 6.42 Å². The zero-order valence-electron chi connectivity index (χ0n) is 23.1. The molecule has 1 amide bonds. The molecule has 0 heterocycles. The van der Waals surface area contributed by atoms with Crippen molar-refractivity contribution in [2.75, 3.05) is 26.4 Å². The van der Waals surface area contributed by atoms with E-state index in [1.54, 1.807) is 30.3 Å². The molecule has 0 aromatic heterocycles. The van der Waals surface area contributed by atoms with Gasteiger partial charge in [0.25, 0.3) is 11.0 Å². The van der Waals surface area contributed by atoms with Gasteiger partial charge >= 0.3 is 5.97 Å². The highest BCUT2D eigenvalue weighted by Gasteiger charge is 2.27. The van der Waals surface area contributed by atoms with Gasteiger partial charge in [0.15, 0.2) is 6.61 Å². The first-order valence-electron chi connectivity index (χ1n) is 13.3. The molecule has 39 heavy (non-hydrogen) atoms. The van der Waals surface area contributed by atoms with Crippen molar-refractivity contribution in [1.82, 2.24) is 5.32 Å². The molecule has 0 unspecified atom stereocenters. The highest BCUT2D eigenvalue weighted by Crippen LogP contribution is 2.27. The van der Waals surface area contributed by atoms with Gasteiger partial charge < -0.3 is 19.6 Å². The van der Waals surface area contributed by atoms with Gasteiger partial charge in [-0.3, -0.25) is 9.59 Å². The van der Waals surface area contributed by atoms with Crippen LogP contribution in [-0.4, -0.2) is 49.3 Å². The fourth-order valence-corrected chi connectivity index (χ4v) is 3.30. The van der Waals surface area contributed by atoms with Crippen LogP contribution in [0.1, 0.15) is 65.7 Å². The van der Waals surface area contributed by atoms with Crippen LogP contribution in [0.5, 0.6) is 5.75 Å². The van der Waals surface area contributed by atoms with E-state index in [-0.39, 0.29) is 25.7 Å². The molecular formula is C28H42F2N2O7. The van der Waals surface area contributed by atoms with Gasteiger partial charge in [0.1, 0.15) is 25.5 Å². The number of para-hydroxylation sites is 1. The number of nitrogens with one attached hydrogen (secondary N) is 1. The number of benzene rings is 1. The number of nitrogens with zero attached hydrogens (tertiary/aromatic N) is 1. The van der Waals surface area contributed by atoms with E-state index in [0.717, 1.165) is 38.2 Å². The standard InChI is InChI=1S/C15H18F2O.C11H18N2O6.C2H6/c16-15(17,11-10-13-6-4-5-7-13)12-18-14-8-2-1-3-9-14;1-2-3-4-5-6-10(14)12-9-11(15)18-7-8-19-13(16)17;1-2/h1-3,8-11,13H,4-7,12H2;2-3H,4-9H2,1H3,(H,12,14);1-2H3/b11-10+;3-2-;. The van der Waals surface area contributed by atoms with Crippen LogP contribution >= 0.6 is 0 Å². The lowest BCUT2D eigenvalue weighted by atomic mass is 10.1. The number of carbonyl (C=O) groups excluding carboxylic acids is 2. The van der Waals surface area contributed by atoms with Crippen LogP contribution in [0, 0.1) is 16.0 Å². The van der Waals surface area contributed by atoms with Crippen LogP contribution in [0.4, 0.5) is 8.78 Å². The lowest BCUT2D eigenvalue weighted by Gasteiger charge is -2.14. The Bertz CT molecular complexity index is 859. The van der Waals surface area contributed by atoms with E-state index >= 15 is 0 Å². The molecule has 1 aromatic carbocycles. The average molecular weight is 557 g/mol. The second-order valence-electron chi connectivity index (χ2n) is 8.28. The smallest absolute Gasteiger partial charge is 0.325 e. The number of esters is 1. The number of hydrogen-bond acceptors (Lipinski definition) is 7. The summed E-state index contributed by atoms with van der Waals surface area (Å²) in [5.74, 6) is -2.98. The highest BCUT2D eigenvalue weighted by atomic mass is 19.3. The molecule has 1 fully saturated rings. The Morgan fingerprint density at radius 1 is 1.15 bits per heavy atom. The minimum absolute atomic E-state index is 0.225. The average Bonchev–Trinajstić information content (AvgIpc) is 3.46. The third-order valence-corrected chi connectivity index (χ3v) is 5.17. The van der Waals surface area contributed by atoms with Crippen LogP contribution < -0.4 is 10.1 Å². The zero-order chi connectivity index (χ0) is 29.4. The summed E-state index contributed by atoms with van der Waals surface area (Å²) in [4.78, 5) is 36.1. The summed E-state index contributed by atoms with van der Waals surface area (Å²) in [7, 11) is 0. The zero-order valence-corrected chi connectivity index (χ0v) is 23.1. The monoisotopic (exact) mass is 556 g/mol. The molecule has 0 aliphatic heterocycles. The molecule has 1 aromatic rings. The number of alkyl halides is 2. The molecule has 2 rings (SSSR count). The molecule has 0 saturated heterocycles. The predicted octanol–water partition coefficient (Wildman–Crippen LogP) is 6.07. The molecular weight excluding hydrogens is 514 g/mol. The molecule has 220 valence electrons. The summed E-state index contributed by atoms with van der Waals surface area (Å²) in [6.45, 7) is 4.51. The van der Waals surface area contributed by atoms with E-state index in [4.69, 9.17) is 4.74 Å². The molecule has 1 saturated carbocycles. The van der Waals surface area contributed by atoms with E-state index in [1.165, 1.54) is 0 Å². The largest absolute Gasteiger partial charge is 0.487 e. The number of halogens is 2. The molecule has 1 aliphatic carbocycles. The number of unbranched alkanes of at least 4 members (excludes halogenated alkanes) is 1. The van der Waals surface area contributed by atoms with Crippen LogP contribution in [0.3, 0.4) is 0 Å². The van der Waals surface area contributed by atoms with E-state index in [2.05, 4.69) is 14.9 Å². The second kappa shape index (κ2) is 22.5. The van der Waals surface area contributed by atoms with Gasteiger partial charge in [-0.2, -0.15) is 8.78 Å². The minimum Gasteiger partial charge on any atom is -0.487 e. The highest BCUT2D eigenvalue weighted by molar-refractivity contribution is 5.81. The van der Waals surface area contributed by atoms with Crippen molar-refractivity contribution < 1.29 is 37.8 Å². The van der Waals surface area contributed by atoms with Crippen LogP contribution in [0.15, 0.2) is 54.6 Å². The normalized spacial score (nSPS) is 13.2. The lowest BCUT2D eigenvalue weighted by Crippen LogP contribution is -2.31. The number of hydrogen-bond donors (Lipinski definition) is 1. The molecule has 0 bridgehead atoms. The van der Waals surface area contributed by atoms with Gasteiger partial charge in [-0.15, -0.1) is 10.1 Å². The van der Waals surface area contributed by atoms with Gasteiger partial charge in [-0.05, 0) is 56.7 Å². The lowest BCUT2D eigenvalue weighted by molar-refractivity contribution is -0.757. The Kier molecular flexibility index (Phi) is 20.5. The summed E-state index contributed by atoms with van der Waals surface area (Å²) in [5.41, 5.74) is 0. The molecule has 9 nitrogen and oxygen atoms in total. The summed E-state index contributed by atoms with van der Waals surface area (Å²) in [5, 5.41) is 11.2. The van der Waals surface area contributed by atoms with Crippen molar-refractivity contribution in [3.8, 4) is 5.75 Å². The first-order valence-corrected chi connectivity index (χ1v) is 13.3. The molecule has 1 aliphatic rings. The minimum atomic E-state index is -2.89. The van der Waals surface area contributed by atoms with E-state index in [1.807, 2.05) is 39.0 Å². The fourth-order valence-electron chi connectivity index (χ4n) is 3.30. The maximum atomic E-state index is 13.6. The molecule has 0 atom stereocenters. The summed E-state index contributed by atoms with van der Waals surface area (Å²) >= 11 is 0. The summed E-state index contributed by atoms with van der Waals surface area (Å²) < 4.78 is 36.8. The van der Waals surface area contributed by atoms with Crippen molar-refractivity contribution >= 4 is 11.9 Å². The Hall–Kier alpha value is -3.50. The maximum Gasteiger partial charge on any atom is 0.325 e. The predicted molar refractivity (Wildman–Crippen MR) is 145 cm³/mol. The van der Waals surface area contributed by atoms with Crippen molar-refractivity contribution in [3.63, 3.8) is 0 Å². The Balaban J connectivity index is 0.000000696. The fraction of sp³-hybridized carbons (Fsp3) is 0.571. The Morgan fingerprint density at radius 2 is 1.82 bits per heavy atom. The van der Waals surface area contributed by atoms with Crippen molar-refractivity contribution in [2.45, 2.75) is 71.6 Å². The number of allylic oxidation sites excluding steroid dienone is 3. The summed E-state index contributed by atoms with van der Waals surface area (Å²) in [6, 6.07) is 8.71. The first kappa shape index (κ1) is 35.5. The number of amides is 1. The van der Waals surface area contributed by atoms with Crippen molar-refractivity contribution in [2.24, 2.45) is 5.92 Å². The van der Waals surface area contributed by atoms with Crippen LogP contribution in [0.2, 0.25) is 0 Å². The topological polar surface area (TPSA) is 117 Å². The number of carbonyl (C=O) groups is 2. The van der Waals surface area contributed by atoms with Gasteiger partial charge in [-0.25, -0.2) is 0 Å². The van der Waals surface area contributed by atoms with Gasteiger partial charge in [-0.1, -0.05) is 63.1 Å².